The van der Waals surface area contributed by atoms with Crippen LogP contribution in [0.2, 0.25) is 0 Å². The van der Waals surface area contributed by atoms with Crippen LogP contribution in [-0.2, 0) is 9.59 Å². The van der Waals surface area contributed by atoms with E-state index in [0.717, 1.165) is 16.7 Å². The number of carbonyl (C=O) groups excluding carboxylic acids is 2. The van der Waals surface area contributed by atoms with Crippen LogP contribution in [0.5, 0.6) is 11.5 Å². The number of carbonyl (C=O) groups is 2. The normalized spacial score (nSPS) is 10.8. The Bertz CT molecular complexity index is 1320. The zero-order valence-corrected chi connectivity index (χ0v) is 20.1. The highest BCUT2D eigenvalue weighted by Gasteiger charge is 2.13. The molecular weight excluding hydrogens is 442 g/mol. The SMILES string of the molecule is COc1cc(/C=C(\C#N)C(=O)Nc2ccc(C)c(C)c2)ccc1OCC(=O)Nc1cccc(C)c1. The van der Waals surface area contributed by atoms with Crippen LogP contribution in [0, 0.1) is 32.1 Å². The number of amides is 2. The number of anilines is 2. The van der Waals surface area contributed by atoms with Crippen molar-refractivity contribution >= 4 is 29.3 Å². The Kier molecular flexibility index (Phi) is 8.25. The molecule has 178 valence electrons. The Morgan fingerprint density at radius 3 is 2.37 bits per heavy atom. The predicted octanol–water partition coefficient (Wildman–Crippen LogP) is 5.18. The van der Waals surface area contributed by atoms with Crippen molar-refractivity contribution in [1.82, 2.24) is 0 Å². The van der Waals surface area contributed by atoms with Crippen LogP contribution < -0.4 is 20.1 Å². The van der Waals surface area contributed by atoms with E-state index in [1.165, 1.54) is 13.2 Å². The number of rotatable bonds is 8. The van der Waals surface area contributed by atoms with E-state index in [1.54, 1.807) is 30.3 Å². The van der Waals surface area contributed by atoms with E-state index in [0.29, 0.717) is 28.4 Å². The number of aryl methyl sites for hydroxylation is 3. The second-order valence-corrected chi connectivity index (χ2v) is 8.04. The number of hydrogen-bond acceptors (Lipinski definition) is 5. The molecule has 0 heterocycles. The summed E-state index contributed by atoms with van der Waals surface area (Å²) < 4.78 is 11.0. The molecule has 7 heteroatoms. The van der Waals surface area contributed by atoms with E-state index in [4.69, 9.17) is 9.47 Å². The molecule has 0 aliphatic carbocycles. The van der Waals surface area contributed by atoms with Gasteiger partial charge < -0.3 is 20.1 Å². The first-order valence-corrected chi connectivity index (χ1v) is 11.0. The number of nitriles is 1. The van der Waals surface area contributed by atoms with Crippen LogP contribution in [0.4, 0.5) is 11.4 Å². The molecule has 2 amide bonds. The third kappa shape index (κ3) is 6.95. The van der Waals surface area contributed by atoms with Crippen molar-refractivity contribution in [2.75, 3.05) is 24.4 Å². The van der Waals surface area contributed by atoms with Crippen molar-refractivity contribution in [2.45, 2.75) is 20.8 Å². The van der Waals surface area contributed by atoms with Gasteiger partial charge in [0.15, 0.2) is 18.1 Å². The van der Waals surface area contributed by atoms with Crippen LogP contribution in [-0.4, -0.2) is 25.5 Å². The standard InChI is InChI=1S/C28H27N3O4/c1-18-6-5-7-23(12-18)30-27(32)17-35-25-11-9-21(15-26(25)34-4)14-22(16-29)28(33)31-24-10-8-19(2)20(3)13-24/h5-15H,17H2,1-4H3,(H,30,32)(H,31,33)/b22-14+. The minimum atomic E-state index is -0.511. The lowest BCUT2D eigenvalue weighted by Crippen LogP contribution is -2.20. The second-order valence-electron chi connectivity index (χ2n) is 8.04. The van der Waals surface area contributed by atoms with E-state index >= 15 is 0 Å². The van der Waals surface area contributed by atoms with Gasteiger partial charge in [0.05, 0.1) is 7.11 Å². The first-order valence-electron chi connectivity index (χ1n) is 11.0. The predicted molar refractivity (Wildman–Crippen MR) is 136 cm³/mol. The molecule has 3 rings (SSSR count). The second kappa shape index (κ2) is 11.5. The van der Waals surface area contributed by atoms with Gasteiger partial charge in [0.2, 0.25) is 0 Å². The van der Waals surface area contributed by atoms with Crippen molar-refractivity contribution < 1.29 is 19.1 Å². The first kappa shape index (κ1) is 25.1. The summed E-state index contributed by atoms with van der Waals surface area (Å²) in [5.74, 6) is -0.0876. The van der Waals surface area contributed by atoms with Gasteiger partial charge >= 0.3 is 0 Å². The fourth-order valence-corrected chi connectivity index (χ4v) is 3.29. The van der Waals surface area contributed by atoms with Crippen molar-refractivity contribution in [3.63, 3.8) is 0 Å². The molecule has 0 spiro atoms. The lowest BCUT2D eigenvalue weighted by atomic mass is 10.1. The van der Waals surface area contributed by atoms with Gasteiger partial charge in [-0.15, -0.1) is 0 Å². The molecule has 2 N–H and O–H groups in total. The Balaban J connectivity index is 1.68. The molecular formula is C28H27N3O4. The van der Waals surface area contributed by atoms with Crippen molar-refractivity contribution in [2.24, 2.45) is 0 Å². The average molecular weight is 470 g/mol. The largest absolute Gasteiger partial charge is 0.493 e. The van der Waals surface area contributed by atoms with Gasteiger partial charge in [-0.1, -0.05) is 24.3 Å². The highest BCUT2D eigenvalue weighted by atomic mass is 16.5. The minimum Gasteiger partial charge on any atom is -0.493 e. The summed E-state index contributed by atoms with van der Waals surface area (Å²) in [6.45, 7) is 5.67. The van der Waals surface area contributed by atoms with Gasteiger partial charge in [0.25, 0.3) is 11.8 Å². The summed E-state index contributed by atoms with van der Waals surface area (Å²) in [6, 6.07) is 19.9. The van der Waals surface area contributed by atoms with Gasteiger partial charge in [-0.3, -0.25) is 9.59 Å². The van der Waals surface area contributed by atoms with Gasteiger partial charge in [0, 0.05) is 11.4 Å². The number of ether oxygens (including phenoxy) is 2. The molecule has 0 atom stereocenters. The molecule has 0 unspecified atom stereocenters. The molecule has 0 radical (unpaired) electrons. The summed E-state index contributed by atoms with van der Waals surface area (Å²) in [7, 11) is 1.47. The Morgan fingerprint density at radius 1 is 0.914 bits per heavy atom. The zero-order chi connectivity index (χ0) is 25.4. The van der Waals surface area contributed by atoms with E-state index in [9.17, 15) is 14.9 Å². The smallest absolute Gasteiger partial charge is 0.266 e. The van der Waals surface area contributed by atoms with Crippen LogP contribution in [0.25, 0.3) is 6.08 Å². The first-order chi connectivity index (χ1) is 16.8. The van der Waals surface area contributed by atoms with E-state index in [-0.39, 0.29) is 18.1 Å². The maximum Gasteiger partial charge on any atom is 0.266 e. The average Bonchev–Trinajstić information content (AvgIpc) is 2.83. The fourth-order valence-electron chi connectivity index (χ4n) is 3.29. The van der Waals surface area contributed by atoms with Crippen LogP contribution in [0.15, 0.2) is 66.2 Å². The number of benzene rings is 3. The molecule has 0 bridgehead atoms. The van der Waals surface area contributed by atoms with E-state index in [1.807, 2.05) is 57.2 Å². The highest BCUT2D eigenvalue weighted by Crippen LogP contribution is 2.29. The van der Waals surface area contributed by atoms with Gasteiger partial charge in [-0.25, -0.2) is 0 Å². The third-order valence-corrected chi connectivity index (χ3v) is 5.29. The van der Waals surface area contributed by atoms with E-state index < -0.39 is 5.91 Å². The molecule has 0 saturated heterocycles. The number of methoxy groups -OCH3 is 1. The van der Waals surface area contributed by atoms with Gasteiger partial charge in [-0.05, 0) is 85.5 Å². The molecule has 3 aromatic carbocycles. The number of nitrogens with one attached hydrogen (secondary N) is 2. The summed E-state index contributed by atoms with van der Waals surface area (Å²) in [6.07, 6.45) is 1.47. The maximum absolute atomic E-state index is 12.6. The molecule has 3 aromatic rings. The lowest BCUT2D eigenvalue weighted by Gasteiger charge is -2.12. The Morgan fingerprint density at radius 2 is 1.69 bits per heavy atom. The third-order valence-electron chi connectivity index (χ3n) is 5.29. The molecule has 0 aromatic heterocycles. The Hall–Kier alpha value is -4.57. The van der Waals surface area contributed by atoms with Crippen molar-refractivity contribution in [3.05, 3.63) is 88.5 Å². The highest BCUT2D eigenvalue weighted by molar-refractivity contribution is 6.09. The molecule has 7 nitrogen and oxygen atoms in total. The van der Waals surface area contributed by atoms with E-state index in [2.05, 4.69) is 10.6 Å². The fraction of sp³-hybridized carbons (Fsp3) is 0.179. The zero-order valence-electron chi connectivity index (χ0n) is 20.1. The summed E-state index contributed by atoms with van der Waals surface area (Å²) in [5.41, 5.74) is 5.01. The summed E-state index contributed by atoms with van der Waals surface area (Å²) >= 11 is 0. The molecule has 35 heavy (non-hydrogen) atoms. The monoisotopic (exact) mass is 469 g/mol. The quantitative estimate of drug-likeness (QED) is 0.350. The van der Waals surface area contributed by atoms with Crippen LogP contribution in [0.1, 0.15) is 22.3 Å². The molecule has 0 fully saturated rings. The van der Waals surface area contributed by atoms with Crippen LogP contribution in [0.3, 0.4) is 0 Å². The Labute approximate surface area is 205 Å². The van der Waals surface area contributed by atoms with Gasteiger partial charge in [-0.2, -0.15) is 5.26 Å². The lowest BCUT2D eigenvalue weighted by molar-refractivity contribution is -0.118. The number of hydrogen-bond donors (Lipinski definition) is 2. The summed E-state index contributed by atoms with van der Waals surface area (Å²) in [5, 5.41) is 15.0. The number of nitrogens with zero attached hydrogens (tertiary/aromatic N) is 1. The summed E-state index contributed by atoms with van der Waals surface area (Å²) in [4.78, 5) is 24.9. The molecule has 0 aliphatic heterocycles. The molecule has 0 saturated carbocycles. The van der Waals surface area contributed by atoms with Gasteiger partial charge in [0.1, 0.15) is 11.6 Å². The minimum absolute atomic E-state index is 0.0588. The maximum atomic E-state index is 12.6. The van der Waals surface area contributed by atoms with Crippen molar-refractivity contribution in [1.29, 1.82) is 5.26 Å². The van der Waals surface area contributed by atoms with Crippen molar-refractivity contribution in [3.8, 4) is 17.6 Å². The topological polar surface area (TPSA) is 100 Å². The molecule has 0 aliphatic rings. The van der Waals surface area contributed by atoms with Crippen LogP contribution >= 0.6 is 0 Å².